The van der Waals surface area contributed by atoms with Crippen LogP contribution in [-0.2, 0) is 9.31 Å². The number of halogens is 1. The fourth-order valence-electron chi connectivity index (χ4n) is 1.99. The normalized spacial score (nSPS) is 21.3. The second kappa shape index (κ2) is 5.88. The van der Waals surface area contributed by atoms with E-state index in [0.717, 1.165) is 15.5 Å². The van der Waals surface area contributed by atoms with Crippen LogP contribution in [0.1, 0.15) is 33.3 Å². The van der Waals surface area contributed by atoms with Crippen molar-refractivity contribution >= 4 is 41.8 Å². The Balaban J connectivity index is 2.26. The second-order valence-corrected chi connectivity index (χ2v) is 7.25. The molecule has 0 spiro atoms. The van der Waals surface area contributed by atoms with Crippen molar-refractivity contribution in [2.75, 3.05) is 5.75 Å². The van der Waals surface area contributed by atoms with Crippen LogP contribution >= 0.6 is 28.6 Å². The third-order valence-corrected chi connectivity index (χ3v) is 4.80. The molecular formula is C15H20BBrO2S. The lowest BCUT2D eigenvalue weighted by Gasteiger charge is -2.32. The van der Waals surface area contributed by atoms with Gasteiger partial charge in [-0.15, -0.1) is 0 Å². The average Bonchev–Trinajstić information content (AvgIpc) is 2.55. The highest BCUT2D eigenvalue weighted by molar-refractivity contribution is 9.10. The van der Waals surface area contributed by atoms with Gasteiger partial charge in [-0.05, 0) is 50.9 Å². The number of hydrogen-bond donors (Lipinski definition) is 1. The standard InChI is InChI=1S/C15H20BBrO2S/c1-14(2)15(3,4)19-16(18-14)12(10-20)8-11-6-5-7-13(17)9-11/h5-9,20H,10H2,1-4H3. The maximum Gasteiger partial charge on any atom is 0.491 e. The van der Waals surface area contributed by atoms with E-state index in [4.69, 9.17) is 9.31 Å². The van der Waals surface area contributed by atoms with Gasteiger partial charge in [0, 0.05) is 10.2 Å². The van der Waals surface area contributed by atoms with E-state index in [1.165, 1.54) is 0 Å². The van der Waals surface area contributed by atoms with E-state index in [1.807, 2.05) is 12.1 Å². The molecule has 20 heavy (non-hydrogen) atoms. The monoisotopic (exact) mass is 354 g/mol. The summed E-state index contributed by atoms with van der Waals surface area (Å²) in [4.78, 5) is 0. The fraction of sp³-hybridized carbons (Fsp3) is 0.467. The van der Waals surface area contributed by atoms with E-state index < -0.39 is 0 Å². The maximum atomic E-state index is 6.07. The zero-order valence-corrected chi connectivity index (χ0v) is 14.8. The molecule has 1 heterocycles. The van der Waals surface area contributed by atoms with Gasteiger partial charge < -0.3 is 9.31 Å². The van der Waals surface area contributed by atoms with Crippen LogP contribution in [0, 0.1) is 0 Å². The maximum absolute atomic E-state index is 6.07. The van der Waals surface area contributed by atoms with Crippen LogP contribution in [0.25, 0.3) is 6.08 Å². The summed E-state index contributed by atoms with van der Waals surface area (Å²) in [6.45, 7) is 8.23. The number of hydrogen-bond acceptors (Lipinski definition) is 3. The molecule has 0 bridgehead atoms. The van der Waals surface area contributed by atoms with Crippen molar-refractivity contribution in [2.24, 2.45) is 0 Å². The predicted octanol–water partition coefficient (Wildman–Crippen LogP) is 4.39. The summed E-state index contributed by atoms with van der Waals surface area (Å²) < 4.78 is 13.2. The van der Waals surface area contributed by atoms with Crippen molar-refractivity contribution < 1.29 is 9.31 Å². The Morgan fingerprint density at radius 2 is 1.85 bits per heavy atom. The molecule has 0 aromatic heterocycles. The summed E-state index contributed by atoms with van der Waals surface area (Å²) in [5, 5.41) is 0. The smallest absolute Gasteiger partial charge is 0.400 e. The molecular weight excluding hydrogens is 335 g/mol. The van der Waals surface area contributed by atoms with Crippen molar-refractivity contribution in [2.45, 2.75) is 38.9 Å². The highest BCUT2D eigenvalue weighted by Crippen LogP contribution is 2.39. The van der Waals surface area contributed by atoms with E-state index in [2.05, 4.69) is 74.5 Å². The minimum Gasteiger partial charge on any atom is -0.400 e. The molecule has 2 nitrogen and oxygen atoms in total. The quantitative estimate of drug-likeness (QED) is 0.640. The molecule has 0 unspecified atom stereocenters. The van der Waals surface area contributed by atoms with Gasteiger partial charge in [0.25, 0.3) is 0 Å². The molecule has 0 atom stereocenters. The lowest BCUT2D eigenvalue weighted by molar-refractivity contribution is 0.00578. The summed E-state index contributed by atoms with van der Waals surface area (Å²) in [5.41, 5.74) is 1.50. The first kappa shape index (κ1) is 16.2. The second-order valence-electron chi connectivity index (χ2n) is 6.02. The molecule has 1 aliphatic rings. The first-order valence-corrected chi connectivity index (χ1v) is 8.10. The minimum atomic E-state index is -0.337. The van der Waals surface area contributed by atoms with E-state index in [1.54, 1.807) is 0 Å². The molecule has 5 heteroatoms. The van der Waals surface area contributed by atoms with Crippen LogP contribution in [0.15, 0.2) is 34.2 Å². The van der Waals surface area contributed by atoms with Gasteiger partial charge >= 0.3 is 7.12 Å². The topological polar surface area (TPSA) is 18.5 Å². The van der Waals surface area contributed by atoms with Crippen molar-refractivity contribution in [3.05, 3.63) is 39.8 Å². The third kappa shape index (κ3) is 3.33. The largest absolute Gasteiger partial charge is 0.491 e. The van der Waals surface area contributed by atoms with Crippen LogP contribution in [-0.4, -0.2) is 24.1 Å². The molecule has 1 aromatic carbocycles. The van der Waals surface area contributed by atoms with Crippen LogP contribution in [0.3, 0.4) is 0 Å². The van der Waals surface area contributed by atoms with Gasteiger partial charge in [-0.3, -0.25) is 0 Å². The molecule has 0 N–H and O–H groups in total. The summed E-state index contributed by atoms with van der Waals surface area (Å²) in [7, 11) is -0.337. The molecule has 1 aromatic rings. The summed E-state index contributed by atoms with van der Waals surface area (Å²) in [6.07, 6.45) is 2.08. The zero-order chi connectivity index (χ0) is 15.0. The number of benzene rings is 1. The minimum absolute atomic E-state index is 0.322. The summed E-state index contributed by atoms with van der Waals surface area (Å²) in [5.74, 6) is 0.601. The highest BCUT2D eigenvalue weighted by atomic mass is 79.9. The van der Waals surface area contributed by atoms with Crippen molar-refractivity contribution in [1.29, 1.82) is 0 Å². The molecule has 108 valence electrons. The lowest BCUT2D eigenvalue weighted by atomic mass is 9.78. The molecule has 1 saturated heterocycles. The number of rotatable bonds is 3. The Morgan fingerprint density at radius 3 is 2.35 bits per heavy atom. The van der Waals surface area contributed by atoms with Gasteiger partial charge in [-0.2, -0.15) is 12.6 Å². The SMILES string of the molecule is CC1(C)OB(C(=Cc2cccc(Br)c2)CS)OC1(C)C. The molecule has 0 aliphatic carbocycles. The Kier molecular flexibility index (Phi) is 4.74. The molecule has 0 amide bonds. The third-order valence-electron chi connectivity index (χ3n) is 3.94. The first-order chi connectivity index (χ1) is 9.25. The molecule has 1 fully saturated rings. The van der Waals surface area contributed by atoms with Crippen molar-refractivity contribution in [3.8, 4) is 0 Å². The van der Waals surface area contributed by atoms with Crippen molar-refractivity contribution in [1.82, 2.24) is 0 Å². The Labute approximate surface area is 135 Å². The van der Waals surface area contributed by atoms with Gasteiger partial charge in [-0.25, -0.2) is 0 Å². The summed E-state index contributed by atoms with van der Waals surface area (Å²) >= 11 is 7.90. The molecule has 2 rings (SSSR count). The van der Waals surface area contributed by atoms with Crippen LogP contribution in [0.2, 0.25) is 0 Å². The predicted molar refractivity (Wildman–Crippen MR) is 92.1 cm³/mol. The molecule has 0 radical (unpaired) electrons. The number of thiol groups is 1. The van der Waals surface area contributed by atoms with E-state index in [9.17, 15) is 0 Å². The molecule has 0 saturated carbocycles. The van der Waals surface area contributed by atoms with E-state index in [0.29, 0.717) is 5.75 Å². The van der Waals surface area contributed by atoms with Crippen LogP contribution in [0.4, 0.5) is 0 Å². The van der Waals surface area contributed by atoms with E-state index in [-0.39, 0.29) is 18.3 Å². The first-order valence-electron chi connectivity index (χ1n) is 6.68. The van der Waals surface area contributed by atoms with Crippen LogP contribution in [0.5, 0.6) is 0 Å². The molecule has 1 aliphatic heterocycles. The Morgan fingerprint density at radius 1 is 1.25 bits per heavy atom. The van der Waals surface area contributed by atoms with Gasteiger partial charge in [0.2, 0.25) is 0 Å². The van der Waals surface area contributed by atoms with Gasteiger partial charge in [-0.1, -0.05) is 34.1 Å². The van der Waals surface area contributed by atoms with Gasteiger partial charge in [0.15, 0.2) is 0 Å². The lowest BCUT2D eigenvalue weighted by Crippen LogP contribution is -2.41. The average molecular weight is 355 g/mol. The van der Waals surface area contributed by atoms with E-state index >= 15 is 0 Å². The van der Waals surface area contributed by atoms with Crippen LogP contribution < -0.4 is 0 Å². The Hall–Kier alpha value is -0.225. The fourth-order valence-corrected chi connectivity index (χ4v) is 2.65. The van der Waals surface area contributed by atoms with Crippen molar-refractivity contribution in [3.63, 3.8) is 0 Å². The van der Waals surface area contributed by atoms with Gasteiger partial charge in [0.05, 0.1) is 11.2 Å². The zero-order valence-electron chi connectivity index (χ0n) is 12.3. The Bertz CT molecular complexity index is 512. The highest BCUT2D eigenvalue weighted by Gasteiger charge is 2.52. The summed E-state index contributed by atoms with van der Waals surface area (Å²) in [6, 6.07) is 8.14. The van der Waals surface area contributed by atoms with Gasteiger partial charge in [0.1, 0.15) is 0 Å².